The minimum atomic E-state index is 0.734. The Morgan fingerprint density at radius 3 is 1.28 bits per heavy atom. The van der Waals surface area contributed by atoms with Gasteiger partial charge in [-0.3, -0.25) is 4.98 Å². The molecule has 2 bridgehead atoms. The largest absolute Gasteiger partial charge is 0.446 e. The summed E-state index contributed by atoms with van der Waals surface area (Å²) < 4.78 is 4.97. The molecule has 0 N–H and O–H groups in total. The van der Waals surface area contributed by atoms with Gasteiger partial charge in [0.25, 0.3) is 0 Å². The monoisotopic (exact) mass is 749 g/mol. The molecular formula is C42H59N3OS4. The Morgan fingerprint density at radius 1 is 0.600 bits per heavy atom. The zero-order valence-corrected chi connectivity index (χ0v) is 36.1. The lowest BCUT2D eigenvalue weighted by Gasteiger charge is -2.68. The Bertz CT molecular complexity index is 1560. The first-order valence-electron chi connectivity index (χ1n) is 17.1. The normalized spacial score (nSPS) is 17.3. The maximum absolute atomic E-state index is 4.97. The summed E-state index contributed by atoms with van der Waals surface area (Å²) in [6, 6.07) is 12.4. The number of rotatable bonds is 0. The highest BCUT2D eigenvalue weighted by Crippen LogP contribution is 2.72. The van der Waals surface area contributed by atoms with E-state index in [2.05, 4.69) is 112 Å². The third-order valence-corrected chi connectivity index (χ3v) is 11.8. The number of thiophene rings is 3. The number of pyridine rings is 1. The van der Waals surface area contributed by atoms with Gasteiger partial charge in [-0.2, -0.15) is 11.3 Å². The van der Waals surface area contributed by atoms with Crippen LogP contribution < -0.4 is 0 Å². The Hall–Kier alpha value is -2.91. The minimum Gasteiger partial charge on any atom is -0.446 e. The van der Waals surface area contributed by atoms with Gasteiger partial charge in [-0.25, -0.2) is 9.97 Å². The Kier molecular flexibility index (Phi) is 18.0. The van der Waals surface area contributed by atoms with Gasteiger partial charge in [0.05, 0.1) is 11.2 Å². The van der Waals surface area contributed by atoms with E-state index in [-0.39, 0.29) is 0 Å². The fourth-order valence-electron chi connectivity index (χ4n) is 5.98. The van der Waals surface area contributed by atoms with Crippen LogP contribution in [0.2, 0.25) is 0 Å². The summed E-state index contributed by atoms with van der Waals surface area (Å²) in [6.07, 6.45) is 8.13. The Morgan fingerprint density at radius 2 is 1.14 bits per heavy atom. The maximum atomic E-state index is 4.97. The summed E-state index contributed by atoms with van der Waals surface area (Å²) in [4.78, 5) is 17.6. The van der Waals surface area contributed by atoms with E-state index in [9.17, 15) is 0 Å². The van der Waals surface area contributed by atoms with Gasteiger partial charge in [-0.05, 0) is 169 Å². The molecule has 3 aliphatic rings. The predicted octanol–water partition coefficient (Wildman–Crippen LogP) is 14.0. The van der Waals surface area contributed by atoms with Gasteiger partial charge in [-0.15, -0.1) is 34.0 Å². The molecule has 0 saturated heterocycles. The lowest BCUT2D eigenvalue weighted by atomic mass is 9.37. The van der Waals surface area contributed by atoms with Crippen LogP contribution >= 0.6 is 45.3 Å². The molecule has 272 valence electrons. The van der Waals surface area contributed by atoms with Crippen LogP contribution in [0.1, 0.15) is 97.4 Å². The molecule has 3 saturated carbocycles. The highest BCUT2D eigenvalue weighted by molar-refractivity contribution is 7.12. The second-order valence-electron chi connectivity index (χ2n) is 14.1. The average molecular weight is 750 g/mol. The van der Waals surface area contributed by atoms with Crippen molar-refractivity contribution < 1.29 is 4.42 Å². The smallest absolute Gasteiger partial charge is 0.191 e. The third-order valence-electron chi connectivity index (χ3n) is 8.17. The molecule has 0 aromatic carbocycles. The van der Waals surface area contributed by atoms with E-state index in [1.165, 1.54) is 55.5 Å². The first-order valence-corrected chi connectivity index (χ1v) is 20.6. The Labute approximate surface area is 319 Å². The van der Waals surface area contributed by atoms with Crippen molar-refractivity contribution in [2.45, 2.75) is 116 Å². The van der Waals surface area contributed by atoms with Gasteiger partial charge in [0, 0.05) is 44.0 Å². The molecule has 6 aromatic heterocycles. The Balaban J connectivity index is 0.000000202. The quantitative estimate of drug-likeness (QED) is 0.155. The number of nitrogens with zero attached hydrogens (tertiary/aromatic N) is 3. The summed E-state index contributed by atoms with van der Waals surface area (Å²) in [5.74, 6) is 1.61. The molecule has 6 aromatic rings. The summed E-state index contributed by atoms with van der Waals surface area (Å²) >= 11 is 7.14. The standard InChI is InChI=1S/C7H9N.C7H12.3C6H8S.C5H7NO.C5H7NS/c1-6-4-3-5-7(2)8-6;1-6-3-7(2,4-6)5-6;1-5-3-7-4-6(5)2;1-5-3-4-7-6(5)2;1-5-3-4-6(2)7-5;2*1-4-3-6-5(2)7-4/h3-5H,1-2H3;3-5H2,1-2H3;3*3-4H,1-2H3;2*3H,1-2H3. The molecule has 3 fully saturated rings. The van der Waals surface area contributed by atoms with Crippen LogP contribution in [0.25, 0.3) is 0 Å². The number of aryl methyl sites for hydroxylation is 12. The van der Waals surface area contributed by atoms with E-state index in [1.807, 2.05) is 70.4 Å². The van der Waals surface area contributed by atoms with Crippen LogP contribution in [0.15, 0.2) is 69.3 Å². The molecule has 0 unspecified atom stereocenters. The fraction of sp³-hybridized carbons (Fsp3) is 0.452. The molecule has 0 radical (unpaired) electrons. The van der Waals surface area contributed by atoms with E-state index in [1.54, 1.807) is 40.2 Å². The van der Waals surface area contributed by atoms with Crippen LogP contribution in [-0.2, 0) is 0 Å². The number of hydrogen-bond donors (Lipinski definition) is 0. The van der Waals surface area contributed by atoms with Crippen molar-refractivity contribution in [3.63, 3.8) is 0 Å². The third kappa shape index (κ3) is 16.9. The van der Waals surface area contributed by atoms with Crippen molar-refractivity contribution in [3.8, 4) is 0 Å². The summed E-state index contributed by atoms with van der Waals surface area (Å²) in [7, 11) is 0. The van der Waals surface area contributed by atoms with Crippen molar-refractivity contribution in [3.05, 3.63) is 129 Å². The minimum absolute atomic E-state index is 0.734. The van der Waals surface area contributed by atoms with E-state index in [0.717, 1.165) is 38.9 Å². The van der Waals surface area contributed by atoms with Gasteiger partial charge in [-0.1, -0.05) is 19.9 Å². The van der Waals surface area contributed by atoms with Crippen molar-refractivity contribution in [1.29, 1.82) is 0 Å². The first kappa shape index (κ1) is 43.3. The van der Waals surface area contributed by atoms with Crippen LogP contribution in [0.5, 0.6) is 0 Å². The first-order chi connectivity index (χ1) is 23.4. The maximum Gasteiger partial charge on any atom is 0.191 e. The van der Waals surface area contributed by atoms with Crippen molar-refractivity contribution in [1.82, 2.24) is 15.0 Å². The molecule has 6 heterocycles. The highest BCUT2D eigenvalue weighted by atomic mass is 32.1. The van der Waals surface area contributed by atoms with Crippen LogP contribution in [0.3, 0.4) is 0 Å². The number of aromatic nitrogens is 3. The van der Waals surface area contributed by atoms with E-state index in [0.29, 0.717) is 0 Å². The SMILES string of the molecule is CC12CC(C)(C1)C2.Cc1ccc(C)s1.Cc1cccc(C)n1.Cc1ccsc1C.Cc1cnc(C)o1.Cc1cnc(C)s1.Cc1cscc1C. The van der Waals surface area contributed by atoms with Gasteiger partial charge >= 0.3 is 0 Å². The summed E-state index contributed by atoms with van der Waals surface area (Å²) in [5.41, 5.74) is 8.05. The zero-order valence-electron chi connectivity index (χ0n) is 32.9. The van der Waals surface area contributed by atoms with Crippen LogP contribution in [0.4, 0.5) is 0 Å². The predicted molar refractivity (Wildman–Crippen MR) is 223 cm³/mol. The average Bonchev–Trinajstić information content (AvgIpc) is 3.85. The second kappa shape index (κ2) is 20.8. The van der Waals surface area contributed by atoms with Crippen molar-refractivity contribution >= 4 is 45.3 Å². The fourth-order valence-corrected chi connectivity index (χ4v) is 9.01. The molecule has 0 amide bonds. The molecule has 4 nitrogen and oxygen atoms in total. The lowest BCUT2D eigenvalue weighted by Crippen LogP contribution is -2.57. The molecule has 9 rings (SSSR count). The molecule has 0 spiro atoms. The van der Waals surface area contributed by atoms with Gasteiger partial charge < -0.3 is 4.42 Å². The summed E-state index contributed by atoms with van der Waals surface area (Å²) in [5, 5.41) is 7.59. The molecule has 50 heavy (non-hydrogen) atoms. The van der Waals surface area contributed by atoms with Crippen molar-refractivity contribution in [2.75, 3.05) is 0 Å². The summed E-state index contributed by atoms with van der Waals surface area (Å²) in [6.45, 7) is 29.3. The molecule has 8 heteroatoms. The lowest BCUT2D eigenvalue weighted by molar-refractivity contribution is -0.176. The van der Waals surface area contributed by atoms with Gasteiger partial charge in [0.2, 0.25) is 0 Å². The van der Waals surface area contributed by atoms with Gasteiger partial charge in [0.15, 0.2) is 5.89 Å². The number of hydrogen-bond acceptors (Lipinski definition) is 8. The van der Waals surface area contributed by atoms with E-state index >= 15 is 0 Å². The second-order valence-corrected chi connectivity index (χ2v) is 18.9. The zero-order chi connectivity index (χ0) is 37.5. The molecular weight excluding hydrogens is 691 g/mol. The van der Waals surface area contributed by atoms with Gasteiger partial charge in [0.1, 0.15) is 5.76 Å². The molecule has 3 aliphatic carbocycles. The highest BCUT2D eigenvalue weighted by Gasteiger charge is 2.61. The number of oxazole rings is 1. The van der Waals surface area contributed by atoms with E-state index < -0.39 is 0 Å². The van der Waals surface area contributed by atoms with Crippen LogP contribution in [-0.4, -0.2) is 15.0 Å². The topological polar surface area (TPSA) is 51.8 Å². The van der Waals surface area contributed by atoms with E-state index in [4.69, 9.17) is 4.42 Å². The number of thiazole rings is 1. The van der Waals surface area contributed by atoms with Crippen LogP contribution in [0, 0.1) is 93.9 Å². The molecule has 0 atom stereocenters. The van der Waals surface area contributed by atoms with Crippen molar-refractivity contribution in [2.24, 2.45) is 10.8 Å². The molecule has 0 aliphatic heterocycles.